The number of Topliss-reactive ketones (excluding diaryl/α,β-unsaturated/α-hetero) is 1. The van der Waals surface area contributed by atoms with E-state index in [4.69, 9.17) is 0 Å². The summed E-state index contributed by atoms with van der Waals surface area (Å²) in [4.78, 5) is 12.7. The van der Waals surface area contributed by atoms with Crippen molar-refractivity contribution >= 4 is 5.78 Å². The van der Waals surface area contributed by atoms with Crippen LogP contribution in [-0.4, -0.2) is 5.78 Å². The zero-order valence-corrected chi connectivity index (χ0v) is 18.4. The smallest absolute Gasteiger partial charge is 0.167 e. The predicted octanol–water partition coefficient (Wildman–Crippen LogP) is 7.29. The number of carbonyl (C=O) groups is 1. The Morgan fingerprint density at radius 3 is 1.81 bits per heavy atom. The first-order chi connectivity index (χ1) is 12.3. The number of hydrogen-bond acceptors (Lipinski definition) is 1. The molecule has 27 heavy (non-hydrogen) atoms. The molecule has 1 heteroatoms. The van der Waals surface area contributed by atoms with Crippen LogP contribution in [0.3, 0.4) is 0 Å². The molecule has 0 N–H and O–H groups in total. The van der Waals surface area contributed by atoms with Crippen LogP contribution in [0.15, 0.2) is 42.5 Å². The highest BCUT2D eigenvalue weighted by Crippen LogP contribution is 2.43. The summed E-state index contributed by atoms with van der Waals surface area (Å²) in [7, 11) is 0. The third-order valence-corrected chi connectivity index (χ3v) is 5.15. The minimum absolute atomic E-state index is 0.191. The summed E-state index contributed by atoms with van der Waals surface area (Å²) < 4.78 is 0. The Hall–Kier alpha value is -1.89. The molecule has 0 aromatic heterocycles. The van der Waals surface area contributed by atoms with E-state index in [1.807, 2.05) is 26.0 Å². The van der Waals surface area contributed by atoms with Gasteiger partial charge in [-0.3, -0.25) is 4.79 Å². The third kappa shape index (κ3) is 6.34. The zero-order chi connectivity index (χ0) is 20.4. The Labute approximate surface area is 166 Å². The van der Waals surface area contributed by atoms with Crippen molar-refractivity contribution in [1.29, 1.82) is 0 Å². The van der Waals surface area contributed by atoms with Gasteiger partial charge in [-0.05, 0) is 60.3 Å². The third-order valence-electron chi connectivity index (χ3n) is 5.15. The van der Waals surface area contributed by atoms with E-state index in [9.17, 15) is 4.79 Å². The Balaban J connectivity index is 2.19. The van der Waals surface area contributed by atoms with Crippen LogP contribution in [0.25, 0.3) is 0 Å². The van der Waals surface area contributed by atoms with E-state index >= 15 is 0 Å². The van der Waals surface area contributed by atoms with Crippen molar-refractivity contribution in [3.05, 3.63) is 70.3 Å². The predicted molar refractivity (Wildman–Crippen MR) is 117 cm³/mol. The molecule has 0 fully saturated rings. The molecule has 0 heterocycles. The summed E-state index contributed by atoms with van der Waals surface area (Å²) in [6.07, 6.45) is 1.61. The average Bonchev–Trinajstić information content (AvgIpc) is 2.51. The molecule has 1 nitrogen and oxygen atoms in total. The van der Waals surface area contributed by atoms with Crippen LogP contribution in [0.5, 0.6) is 0 Å². The molecule has 2 aromatic carbocycles. The van der Waals surface area contributed by atoms with E-state index in [-0.39, 0.29) is 16.6 Å². The molecule has 0 saturated carbocycles. The SMILES string of the molecule is Cc1cc(C)cc(C(=O)Cc2ccc(C(CC(C)(C)C)C(C)(C)C)cc2)c1. The fourth-order valence-corrected chi connectivity index (χ4v) is 3.83. The first kappa shape index (κ1) is 21.4. The van der Waals surface area contributed by atoms with E-state index in [0.29, 0.717) is 12.3 Å². The lowest BCUT2D eigenvalue weighted by Gasteiger charge is -2.36. The summed E-state index contributed by atoms with van der Waals surface area (Å²) in [5.41, 5.74) is 6.07. The van der Waals surface area contributed by atoms with Crippen LogP contribution < -0.4 is 0 Å². The van der Waals surface area contributed by atoms with Crippen molar-refractivity contribution < 1.29 is 4.79 Å². The molecule has 0 spiro atoms. The summed E-state index contributed by atoms with van der Waals surface area (Å²) in [5.74, 6) is 0.693. The van der Waals surface area contributed by atoms with Gasteiger partial charge in [0.05, 0.1) is 0 Å². The lowest BCUT2D eigenvalue weighted by molar-refractivity contribution is 0.0993. The highest BCUT2D eigenvalue weighted by atomic mass is 16.1. The lowest BCUT2D eigenvalue weighted by Crippen LogP contribution is -2.23. The monoisotopic (exact) mass is 364 g/mol. The molecule has 2 aromatic rings. The molecular formula is C26H36O. The van der Waals surface area contributed by atoms with Gasteiger partial charge >= 0.3 is 0 Å². The normalized spacial score (nSPS) is 13.5. The van der Waals surface area contributed by atoms with E-state index in [2.05, 4.69) is 71.9 Å². The lowest BCUT2D eigenvalue weighted by atomic mass is 9.69. The van der Waals surface area contributed by atoms with Crippen LogP contribution in [0.1, 0.15) is 86.5 Å². The van der Waals surface area contributed by atoms with Crippen LogP contribution in [0, 0.1) is 24.7 Å². The molecule has 2 rings (SSSR count). The van der Waals surface area contributed by atoms with Gasteiger partial charge in [0, 0.05) is 12.0 Å². The standard InChI is InChI=1S/C26H36O/c1-18-13-19(2)15-22(14-18)24(27)16-20-9-11-21(12-10-20)23(26(6,7)8)17-25(3,4)5/h9-15,23H,16-17H2,1-8H3. The van der Waals surface area contributed by atoms with Gasteiger partial charge in [-0.2, -0.15) is 0 Å². The van der Waals surface area contributed by atoms with Gasteiger partial charge in [-0.1, -0.05) is 83.0 Å². The van der Waals surface area contributed by atoms with Crippen LogP contribution in [0.2, 0.25) is 0 Å². The Morgan fingerprint density at radius 1 is 0.852 bits per heavy atom. The second-order valence-electron chi connectivity index (χ2n) is 10.4. The van der Waals surface area contributed by atoms with Gasteiger partial charge in [0.1, 0.15) is 0 Å². The first-order valence-electron chi connectivity index (χ1n) is 10.1. The number of carbonyl (C=O) groups excluding carboxylic acids is 1. The van der Waals surface area contributed by atoms with Gasteiger partial charge in [-0.15, -0.1) is 0 Å². The fourth-order valence-electron chi connectivity index (χ4n) is 3.83. The Morgan fingerprint density at radius 2 is 1.37 bits per heavy atom. The summed E-state index contributed by atoms with van der Waals surface area (Å²) in [5, 5.41) is 0. The van der Waals surface area contributed by atoms with Crippen molar-refractivity contribution in [3.63, 3.8) is 0 Å². The number of ketones is 1. The number of rotatable bonds is 5. The van der Waals surface area contributed by atoms with Crippen molar-refractivity contribution in [3.8, 4) is 0 Å². The van der Waals surface area contributed by atoms with Gasteiger partial charge in [-0.25, -0.2) is 0 Å². The molecule has 0 aliphatic rings. The number of hydrogen-bond donors (Lipinski definition) is 0. The molecule has 0 radical (unpaired) electrons. The maximum absolute atomic E-state index is 12.7. The van der Waals surface area contributed by atoms with E-state index in [1.165, 1.54) is 5.56 Å². The van der Waals surface area contributed by atoms with E-state index < -0.39 is 0 Å². The highest BCUT2D eigenvalue weighted by molar-refractivity contribution is 5.97. The minimum Gasteiger partial charge on any atom is -0.294 e. The molecule has 146 valence electrons. The largest absolute Gasteiger partial charge is 0.294 e. The Kier molecular flexibility index (Phi) is 6.35. The molecule has 1 unspecified atom stereocenters. The highest BCUT2D eigenvalue weighted by Gasteiger charge is 2.30. The van der Waals surface area contributed by atoms with Crippen molar-refractivity contribution in [2.75, 3.05) is 0 Å². The number of benzene rings is 2. The van der Waals surface area contributed by atoms with E-state index in [0.717, 1.165) is 28.7 Å². The quantitative estimate of drug-likeness (QED) is 0.509. The van der Waals surface area contributed by atoms with E-state index in [1.54, 1.807) is 0 Å². The first-order valence-corrected chi connectivity index (χ1v) is 10.1. The maximum Gasteiger partial charge on any atom is 0.167 e. The summed E-state index contributed by atoms with van der Waals surface area (Å²) in [6.45, 7) is 18.0. The van der Waals surface area contributed by atoms with Gasteiger partial charge in [0.15, 0.2) is 5.78 Å². The second-order valence-corrected chi connectivity index (χ2v) is 10.4. The summed E-state index contributed by atoms with van der Waals surface area (Å²) >= 11 is 0. The van der Waals surface area contributed by atoms with Gasteiger partial charge < -0.3 is 0 Å². The molecule has 0 bridgehead atoms. The molecule has 0 aliphatic heterocycles. The Bertz CT molecular complexity index is 762. The minimum atomic E-state index is 0.191. The second kappa shape index (κ2) is 8.00. The van der Waals surface area contributed by atoms with Crippen LogP contribution in [-0.2, 0) is 6.42 Å². The van der Waals surface area contributed by atoms with Crippen LogP contribution >= 0.6 is 0 Å². The maximum atomic E-state index is 12.7. The molecule has 1 atom stereocenters. The average molecular weight is 365 g/mol. The van der Waals surface area contributed by atoms with Crippen LogP contribution in [0.4, 0.5) is 0 Å². The molecular weight excluding hydrogens is 328 g/mol. The van der Waals surface area contributed by atoms with Gasteiger partial charge in [0.25, 0.3) is 0 Å². The van der Waals surface area contributed by atoms with Crippen molar-refractivity contribution in [2.45, 2.75) is 74.1 Å². The fraction of sp³-hybridized carbons (Fsp3) is 0.500. The van der Waals surface area contributed by atoms with Crippen molar-refractivity contribution in [2.24, 2.45) is 10.8 Å². The van der Waals surface area contributed by atoms with Crippen molar-refractivity contribution in [1.82, 2.24) is 0 Å². The zero-order valence-electron chi connectivity index (χ0n) is 18.4. The topological polar surface area (TPSA) is 17.1 Å². The molecule has 0 saturated heterocycles. The summed E-state index contributed by atoms with van der Waals surface area (Å²) in [6, 6.07) is 14.8. The van der Waals surface area contributed by atoms with Gasteiger partial charge in [0.2, 0.25) is 0 Å². The molecule has 0 amide bonds. The molecule has 0 aliphatic carbocycles. The number of aryl methyl sites for hydroxylation is 2.